The topological polar surface area (TPSA) is 47.6 Å². The summed E-state index contributed by atoms with van der Waals surface area (Å²) in [6.07, 6.45) is 0. The summed E-state index contributed by atoms with van der Waals surface area (Å²) in [5, 5.41) is 3.36. The first-order valence-corrected chi connectivity index (χ1v) is 8.46. The Kier molecular flexibility index (Phi) is 4.98. The minimum absolute atomic E-state index is 0.0346. The van der Waals surface area contributed by atoms with E-state index in [9.17, 15) is 4.79 Å². The van der Waals surface area contributed by atoms with E-state index in [2.05, 4.69) is 5.32 Å². The molecule has 0 spiro atoms. The molecule has 1 amide bonds. The number of carbonyl (C=O) groups is 1. The van der Waals surface area contributed by atoms with Crippen LogP contribution in [0.5, 0.6) is 11.5 Å². The van der Waals surface area contributed by atoms with Crippen LogP contribution < -0.4 is 14.8 Å². The van der Waals surface area contributed by atoms with Gasteiger partial charge in [0.1, 0.15) is 0 Å². The van der Waals surface area contributed by atoms with Crippen LogP contribution in [0, 0.1) is 0 Å². The number of rotatable bonds is 5. The molecular weight excluding hydrogens is 334 g/mol. The Bertz CT molecular complexity index is 723. The molecule has 1 aliphatic rings. The summed E-state index contributed by atoms with van der Waals surface area (Å²) in [5.41, 5.74) is 0.970. The second-order valence-electron chi connectivity index (χ2n) is 5.10. The molecule has 0 aliphatic carbocycles. The quantitative estimate of drug-likeness (QED) is 0.832. The molecule has 0 saturated carbocycles. The van der Waals surface area contributed by atoms with E-state index in [1.807, 2.05) is 49.4 Å². The molecule has 4 nitrogen and oxygen atoms in total. The van der Waals surface area contributed by atoms with Crippen molar-refractivity contribution in [3.05, 3.63) is 53.1 Å². The molecule has 1 N–H and O–H groups in total. The van der Waals surface area contributed by atoms with E-state index in [1.54, 1.807) is 0 Å². The van der Waals surface area contributed by atoms with Crippen molar-refractivity contribution >= 4 is 29.3 Å². The van der Waals surface area contributed by atoms with Gasteiger partial charge in [0.2, 0.25) is 12.7 Å². The summed E-state index contributed by atoms with van der Waals surface area (Å²) in [6, 6.07) is 13.2. The lowest BCUT2D eigenvalue weighted by atomic mass is 10.2. The van der Waals surface area contributed by atoms with Crippen molar-refractivity contribution in [2.75, 3.05) is 6.79 Å². The van der Waals surface area contributed by atoms with Crippen molar-refractivity contribution in [3.8, 4) is 11.5 Å². The molecule has 0 aromatic heterocycles. The number of amides is 1. The van der Waals surface area contributed by atoms with Gasteiger partial charge in [-0.3, -0.25) is 4.79 Å². The number of thioether (sulfide) groups is 1. The smallest absolute Gasteiger partial charge is 0.233 e. The Morgan fingerprint density at radius 3 is 2.87 bits per heavy atom. The average molecular weight is 350 g/mol. The van der Waals surface area contributed by atoms with Gasteiger partial charge in [0.05, 0.1) is 10.3 Å². The van der Waals surface area contributed by atoms with Crippen molar-refractivity contribution in [3.63, 3.8) is 0 Å². The maximum atomic E-state index is 12.2. The Morgan fingerprint density at radius 2 is 2.04 bits per heavy atom. The van der Waals surface area contributed by atoms with Gasteiger partial charge in [-0.2, -0.15) is 0 Å². The maximum absolute atomic E-state index is 12.2. The van der Waals surface area contributed by atoms with Gasteiger partial charge in [0.25, 0.3) is 0 Å². The highest BCUT2D eigenvalue weighted by Gasteiger charge is 2.17. The lowest BCUT2D eigenvalue weighted by Crippen LogP contribution is -2.30. The van der Waals surface area contributed by atoms with Gasteiger partial charge in [-0.15, -0.1) is 11.8 Å². The van der Waals surface area contributed by atoms with Crippen LogP contribution in [0.3, 0.4) is 0 Å². The van der Waals surface area contributed by atoms with E-state index in [4.69, 9.17) is 21.1 Å². The van der Waals surface area contributed by atoms with Crippen LogP contribution in [-0.4, -0.2) is 18.0 Å². The molecule has 23 heavy (non-hydrogen) atoms. The van der Waals surface area contributed by atoms with Crippen molar-refractivity contribution in [2.24, 2.45) is 0 Å². The van der Waals surface area contributed by atoms with E-state index in [0.29, 0.717) is 11.6 Å². The van der Waals surface area contributed by atoms with Gasteiger partial charge >= 0.3 is 0 Å². The van der Waals surface area contributed by atoms with E-state index < -0.39 is 0 Å². The first-order chi connectivity index (χ1) is 11.1. The number of ether oxygens (including phenoxy) is 2. The molecule has 3 rings (SSSR count). The fourth-order valence-corrected chi connectivity index (χ4v) is 3.35. The van der Waals surface area contributed by atoms with Gasteiger partial charge in [-0.1, -0.05) is 29.8 Å². The van der Waals surface area contributed by atoms with E-state index >= 15 is 0 Å². The third-order valence-corrected chi connectivity index (χ3v) is 5.03. The lowest BCUT2D eigenvalue weighted by molar-refractivity contribution is -0.120. The monoisotopic (exact) mass is 349 g/mol. The number of benzene rings is 2. The fraction of sp³-hybridized carbons (Fsp3) is 0.235. The molecule has 0 saturated heterocycles. The van der Waals surface area contributed by atoms with Gasteiger partial charge in [0, 0.05) is 11.4 Å². The van der Waals surface area contributed by atoms with E-state index in [0.717, 1.165) is 22.0 Å². The Hall–Kier alpha value is -1.85. The number of fused-ring (bicyclic) bond motifs is 1. The standard InChI is InChI=1S/C17H16ClNO3S/c1-11(23-16-5-3-2-4-13(16)18)17(20)19-9-12-6-7-14-15(8-12)22-10-21-14/h2-8,11H,9-10H2,1H3,(H,19,20)/t11-/m0/s1. The van der Waals surface area contributed by atoms with Crippen LogP contribution in [-0.2, 0) is 11.3 Å². The molecule has 0 fully saturated rings. The normalized spacial score (nSPS) is 13.7. The van der Waals surface area contributed by atoms with Crippen molar-refractivity contribution < 1.29 is 14.3 Å². The first-order valence-electron chi connectivity index (χ1n) is 7.21. The van der Waals surface area contributed by atoms with Gasteiger partial charge in [-0.25, -0.2) is 0 Å². The fourth-order valence-electron chi connectivity index (χ4n) is 2.17. The Balaban J connectivity index is 1.55. The summed E-state index contributed by atoms with van der Waals surface area (Å²) in [5.74, 6) is 1.42. The number of hydrogen-bond donors (Lipinski definition) is 1. The zero-order chi connectivity index (χ0) is 16.2. The number of halogens is 1. The predicted octanol–water partition coefficient (Wildman–Crippen LogP) is 3.87. The highest BCUT2D eigenvalue weighted by Crippen LogP contribution is 2.33. The van der Waals surface area contributed by atoms with Crippen molar-refractivity contribution in [1.82, 2.24) is 5.32 Å². The van der Waals surface area contributed by atoms with Crippen LogP contribution >= 0.6 is 23.4 Å². The number of nitrogens with one attached hydrogen (secondary N) is 1. The number of hydrogen-bond acceptors (Lipinski definition) is 4. The first kappa shape index (κ1) is 16.0. The highest BCUT2D eigenvalue weighted by molar-refractivity contribution is 8.00. The average Bonchev–Trinajstić information content (AvgIpc) is 3.02. The minimum atomic E-state index is -0.232. The molecule has 0 radical (unpaired) electrons. The van der Waals surface area contributed by atoms with Crippen molar-refractivity contribution in [1.29, 1.82) is 0 Å². The second-order valence-corrected chi connectivity index (χ2v) is 6.89. The summed E-state index contributed by atoms with van der Waals surface area (Å²) in [7, 11) is 0. The molecule has 0 bridgehead atoms. The zero-order valence-corrected chi connectivity index (χ0v) is 14.1. The molecule has 1 atom stereocenters. The van der Waals surface area contributed by atoms with Crippen LogP contribution in [0.4, 0.5) is 0 Å². The van der Waals surface area contributed by atoms with E-state index in [1.165, 1.54) is 11.8 Å². The van der Waals surface area contributed by atoms with Crippen molar-refractivity contribution in [2.45, 2.75) is 23.6 Å². The summed E-state index contributed by atoms with van der Waals surface area (Å²) >= 11 is 7.57. The summed E-state index contributed by atoms with van der Waals surface area (Å²) in [4.78, 5) is 13.1. The minimum Gasteiger partial charge on any atom is -0.454 e. The third kappa shape index (κ3) is 3.92. The molecule has 2 aromatic carbocycles. The van der Waals surface area contributed by atoms with Crippen LogP contribution in [0.1, 0.15) is 12.5 Å². The molecule has 0 unspecified atom stereocenters. The Morgan fingerprint density at radius 1 is 1.26 bits per heavy atom. The molecule has 1 aliphatic heterocycles. The molecular formula is C17H16ClNO3S. The largest absolute Gasteiger partial charge is 0.454 e. The lowest BCUT2D eigenvalue weighted by Gasteiger charge is -2.13. The van der Waals surface area contributed by atoms with Gasteiger partial charge in [0.15, 0.2) is 11.5 Å². The molecule has 120 valence electrons. The van der Waals surface area contributed by atoms with Crippen LogP contribution in [0.15, 0.2) is 47.4 Å². The van der Waals surface area contributed by atoms with Gasteiger partial charge in [-0.05, 0) is 36.8 Å². The van der Waals surface area contributed by atoms with Crippen LogP contribution in [0.2, 0.25) is 5.02 Å². The molecule has 6 heteroatoms. The highest BCUT2D eigenvalue weighted by atomic mass is 35.5. The second kappa shape index (κ2) is 7.15. The molecule has 2 aromatic rings. The zero-order valence-electron chi connectivity index (χ0n) is 12.5. The Labute approximate surface area is 144 Å². The predicted molar refractivity (Wildman–Crippen MR) is 91.2 cm³/mol. The van der Waals surface area contributed by atoms with Gasteiger partial charge < -0.3 is 14.8 Å². The molecule has 1 heterocycles. The number of carbonyl (C=O) groups excluding carboxylic acids is 1. The summed E-state index contributed by atoms with van der Waals surface area (Å²) < 4.78 is 10.6. The van der Waals surface area contributed by atoms with E-state index in [-0.39, 0.29) is 18.0 Å². The SMILES string of the molecule is C[C@H](Sc1ccccc1Cl)C(=O)NCc1ccc2c(c1)OCO2. The maximum Gasteiger partial charge on any atom is 0.233 e. The third-order valence-electron chi connectivity index (χ3n) is 3.41. The van der Waals surface area contributed by atoms with Crippen LogP contribution in [0.25, 0.3) is 0 Å². The summed E-state index contributed by atoms with van der Waals surface area (Å²) in [6.45, 7) is 2.56.